The Morgan fingerprint density at radius 3 is 2.25 bits per heavy atom. The van der Waals surface area contributed by atoms with Crippen LogP contribution in [0.3, 0.4) is 0 Å². The van der Waals surface area contributed by atoms with Crippen molar-refractivity contribution in [3.05, 3.63) is 39.4 Å². The third-order valence-corrected chi connectivity index (χ3v) is 3.71. The zero-order valence-electron chi connectivity index (χ0n) is 12.5. The summed E-state index contributed by atoms with van der Waals surface area (Å²) in [5.41, 5.74) is -0.188. The third-order valence-electron chi connectivity index (χ3n) is 2.70. The van der Waals surface area contributed by atoms with Crippen molar-refractivity contribution in [1.29, 1.82) is 0 Å². The lowest BCUT2D eigenvalue weighted by Crippen LogP contribution is -2.25. The van der Waals surface area contributed by atoms with E-state index in [0.29, 0.717) is 0 Å². The van der Waals surface area contributed by atoms with Crippen LogP contribution in [0.4, 0.5) is 0 Å². The smallest absolute Gasteiger partial charge is 0.331 e. The minimum absolute atomic E-state index is 0.102. The van der Waals surface area contributed by atoms with Crippen LogP contribution in [0.15, 0.2) is 24.3 Å². The standard InChI is InChI=1S/C15H13Cl3O6/c1-7(15(21)22)3-9(4-14(20)23-8(2)19)24-13-6-11(17)10(16)5-12(13)18/h5-6,9H,1,3-4H2,2H3,(H,21,22). The molecule has 9 heteroatoms. The van der Waals surface area contributed by atoms with Crippen molar-refractivity contribution in [3.63, 3.8) is 0 Å². The van der Waals surface area contributed by atoms with Crippen LogP contribution < -0.4 is 4.74 Å². The highest BCUT2D eigenvalue weighted by Crippen LogP contribution is 2.35. The molecule has 0 saturated heterocycles. The maximum atomic E-state index is 11.6. The largest absolute Gasteiger partial charge is 0.488 e. The molecule has 1 rings (SSSR count). The first kappa shape index (κ1) is 20.3. The summed E-state index contributed by atoms with van der Waals surface area (Å²) in [5, 5.41) is 9.41. The molecule has 1 atom stereocenters. The highest BCUT2D eigenvalue weighted by Gasteiger charge is 2.22. The summed E-state index contributed by atoms with van der Waals surface area (Å²) in [6.45, 7) is 4.45. The van der Waals surface area contributed by atoms with Crippen LogP contribution in [0, 0.1) is 0 Å². The van der Waals surface area contributed by atoms with Crippen LogP contribution in [0.1, 0.15) is 19.8 Å². The van der Waals surface area contributed by atoms with Crippen molar-refractivity contribution >= 4 is 52.7 Å². The molecule has 24 heavy (non-hydrogen) atoms. The average molecular weight is 396 g/mol. The minimum Gasteiger partial charge on any atom is -0.488 e. The molecule has 0 aromatic heterocycles. The molecule has 0 spiro atoms. The van der Waals surface area contributed by atoms with E-state index < -0.39 is 24.0 Å². The zero-order chi connectivity index (χ0) is 18.4. The summed E-state index contributed by atoms with van der Waals surface area (Å²) in [5.74, 6) is -2.81. The highest BCUT2D eigenvalue weighted by atomic mass is 35.5. The van der Waals surface area contributed by atoms with Gasteiger partial charge in [0.15, 0.2) is 0 Å². The number of ether oxygens (including phenoxy) is 2. The van der Waals surface area contributed by atoms with Gasteiger partial charge in [-0.1, -0.05) is 41.4 Å². The van der Waals surface area contributed by atoms with Gasteiger partial charge >= 0.3 is 17.9 Å². The predicted octanol–water partition coefficient (Wildman–Crippen LogP) is 3.90. The van der Waals surface area contributed by atoms with Gasteiger partial charge in [-0.2, -0.15) is 0 Å². The van der Waals surface area contributed by atoms with Crippen LogP contribution in [0.5, 0.6) is 5.75 Å². The Morgan fingerprint density at radius 1 is 1.12 bits per heavy atom. The fourth-order valence-electron chi connectivity index (χ4n) is 1.68. The molecule has 0 saturated carbocycles. The molecule has 0 radical (unpaired) electrons. The molecule has 0 aliphatic rings. The van der Waals surface area contributed by atoms with Crippen molar-refractivity contribution in [2.24, 2.45) is 0 Å². The Bertz CT molecular complexity index is 686. The third kappa shape index (κ3) is 6.39. The molecular formula is C15H13Cl3O6. The zero-order valence-corrected chi connectivity index (χ0v) is 14.7. The molecule has 0 aliphatic heterocycles. The van der Waals surface area contributed by atoms with Crippen LogP contribution in [0.2, 0.25) is 15.1 Å². The minimum atomic E-state index is -1.25. The van der Waals surface area contributed by atoms with Gasteiger partial charge in [-0.25, -0.2) is 4.79 Å². The fourth-order valence-corrected chi connectivity index (χ4v) is 2.26. The van der Waals surface area contributed by atoms with Crippen LogP contribution in [-0.4, -0.2) is 29.1 Å². The number of carboxylic acid groups (broad SMARTS) is 1. The molecule has 130 valence electrons. The molecule has 1 aromatic rings. The van der Waals surface area contributed by atoms with E-state index in [1.54, 1.807) is 0 Å². The number of carbonyl (C=O) groups is 3. The normalized spacial score (nSPS) is 11.5. The van der Waals surface area contributed by atoms with Gasteiger partial charge in [-0.05, 0) is 6.07 Å². The monoisotopic (exact) mass is 394 g/mol. The maximum Gasteiger partial charge on any atom is 0.331 e. The maximum absolute atomic E-state index is 11.6. The lowest BCUT2D eigenvalue weighted by molar-refractivity contribution is -0.159. The van der Waals surface area contributed by atoms with Gasteiger partial charge in [0.05, 0.1) is 21.5 Å². The van der Waals surface area contributed by atoms with Crippen molar-refractivity contribution in [1.82, 2.24) is 0 Å². The fraction of sp³-hybridized carbons (Fsp3) is 0.267. The van der Waals surface area contributed by atoms with Gasteiger partial charge in [-0.15, -0.1) is 0 Å². The molecule has 0 bridgehead atoms. The quantitative estimate of drug-likeness (QED) is 0.326. The predicted molar refractivity (Wildman–Crippen MR) is 88.7 cm³/mol. The second-order valence-corrected chi connectivity index (χ2v) is 5.94. The van der Waals surface area contributed by atoms with Crippen LogP contribution in [-0.2, 0) is 19.1 Å². The molecule has 1 unspecified atom stereocenters. The summed E-state index contributed by atoms with van der Waals surface area (Å²) >= 11 is 17.7. The number of hydrogen-bond donors (Lipinski definition) is 1. The molecule has 0 fully saturated rings. The molecule has 6 nitrogen and oxygen atoms in total. The summed E-state index contributed by atoms with van der Waals surface area (Å²) in [4.78, 5) is 33.4. The van der Waals surface area contributed by atoms with E-state index in [2.05, 4.69) is 11.3 Å². The van der Waals surface area contributed by atoms with Crippen molar-refractivity contribution in [2.75, 3.05) is 0 Å². The number of benzene rings is 1. The molecular weight excluding hydrogens is 383 g/mol. The summed E-state index contributed by atoms with van der Waals surface area (Å²) in [6, 6.07) is 2.68. The van der Waals surface area contributed by atoms with Crippen LogP contribution in [0.25, 0.3) is 0 Å². The summed E-state index contributed by atoms with van der Waals surface area (Å²) in [6.07, 6.45) is -1.56. The number of halogens is 3. The van der Waals surface area contributed by atoms with Gasteiger partial charge in [0.1, 0.15) is 11.9 Å². The summed E-state index contributed by atoms with van der Waals surface area (Å²) in [7, 11) is 0. The highest BCUT2D eigenvalue weighted by molar-refractivity contribution is 6.43. The Labute approximate surface area is 152 Å². The van der Waals surface area contributed by atoms with E-state index in [0.717, 1.165) is 6.92 Å². The molecule has 0 amide bonds. The number of carboxylic acids is 1. The molecule has 0 heterocycles. The number of rotatable bonds is 7. The number of aliphatic carboxylic acids is 1. The first-order valence-electron chi connectivity index (χ1n) is 6.53. The average Bonchev–Trinajstić information content (AvgIpc) is 2.43. The van der Waals surface area contributed by atoms with Gasteiger partial charge < -0.3 is 14.6 Å². The van der Waals surface area contributed by atoms with E-state index in [4.69, 9.17) is 44.6 Å². The topological polar surface area (TPSA) is 89.9 Å². The first-order valence-corrected chi connectivity index (χ1v) is 7.67. The van der Waals surface area contributed by atoms with Crippen molar-refractivity contribution in [2.45, 2.75) is 25.9 Å². The Hall–Kier alpha value is -1.76. The van der Waals surface area contributed by atoms with Gasteiger partial charge in [0.2, 0.25) is 0 Å². The van der Waals surface area contributed by atoms with Crippen molar-refractivity contribution < 1.29 is 29.0 Å². The number of hydrogen-bond acceptors (Lipinski definition) is 5. The van der Waals surface area contributed by atoms with E-state index >= 15 is 0 Å². The van der Waals surface area contributed by atoms with Crippen LogP contribution >= 0.6 is 34.8 Å². The van der Waals surface area contributed by atoms with E-state index in [9.17, 15) is 14.4 Å². The Morgan fingerprint density at radius 2 is 1.71 bits per heavy atom. The molecule has 1 N–H and O–H groups in total. The Kier molecular flexibility index (Phi) is 7.54. The summed E-state index contributed by atoms with van der Waals surface area (Å²) < 4.78 is 9.96. The first-order chi connectivity index (χ1) is 11.1. The molecule has 0 aliphatic carbocycles. The number of carbonyl (C=O) groups excluding carboxylic acids is 2. The van der Waals surface area contributed by atoms with E-state index in [1.165, 1.54) is 12.1 Å². The van der Waals surface area contributed by atoms with E-state index in [-0.39, 0.29) is 39.2 Å². The second-order valence-electron chi connectivity index (χ2n) is 4.72. The van der Waals surface area contributed by atoms with Gasteiger partial charge in [-0.3, -0.25) is 9.59 Å². The lowest BCUT2D eigenvalue weighted by Gasteiger charge is -2.19. The van der Waals surface area contributed by atoms with Gasteiger partial charge in [0.25, 0.3) is 0 Å². The number of esters is 2. The van der Waals surface area contributed by atoms with Crippen molar-refractivity contribution in [3.8, 4) is 5.75 Å². The lowest BCUT2D eigenvalue weighted by atomic mass is 10.1. The van der Waals surface area contributed by atoms with Gasteiger partial charge in [0, 0.05) is 25.0 Å². The SMILES string of the molecule is C=C(CC(CC(=O)OC(C)=O)Oc1cc(Cl)c(Cl)cc1Cl)C(=O)O. The van der Waals surface area contributed by atoms with E-state index in [1.807, 2.05) is 0 Å². The molecule has 1 aromatic carbocycles. The Balaban J connectivity index is 2.98. The second kappa shape index (κ2) is 8.92.